The summed E-state index contributed by atoms with van der Waals surface area (Å²) in [5.74, 6) is 0.374. The molecule has 2 aliphatic rings. The number of hydrogen-bond acceptors (Lipinski definition) is 1. The highest BCUT2D eigenvalue weighted by molar-refractivity contribution is 6.31. The molecule has 0 bridgehead atoms. The van der Waals surface area contributed by atoms with Crippen LogP contribution in [0.3, 0.4) is 0 Å². The number of benzene rings is 3. The molecule has 2 heteroatoms. The van der Waals surface area contributed by atoms with E-state index in [0.717, 1.165) is 10.7 Å². The Morgan fingerprint density at radius 1 is 0.731 bits per heavy atom. The van der Waals surface area contributed by atoms with Crippen LogP contribution in [0, 0.1) is 0 Å². The lowest BCUT2D eigenvalue weighted by Gasteiger charge is -2.30. The fourth-order valence-corrected chi connectivity index (χ4v) is 4.30. The first kappa shape index (κ1) is 15.5. The molecule has 26 heavy (non-hydrogen) atoms. The molecule has 0 saturated carbocycles. The number of fused-ring (bicyclic) bond motifs is 3. The molecule has 0 radical (unpaired) electrons. The van der Waals surface area contributed by atoms with Gasteiger partial charge in [0.1, 0.15) is 0 Å². The van der Waals surface area contributed by atoms with Crippen LogP contribution in [0.25, 0.3) is 11.1 Å². The Kier molecular flexibility index (Phi) is 3.69. The van der Waals surface area contributed by atoms with Crippen LogP contribution in [0.15, 0.2) is 97.1 Å². The van der Waals surface area contributed by atoms with E-state index in [1.165, 1.54) is 22.4 Å². The second-order valence-corrected chi connectivity index (χ2v) is 7.18. The van der Waals surface area contributed by atoms with Crippen molar-refractivity contribution in [1.29, 1.82) is 0 Å². The minimum absolute atomic E-state index is 0.276. The number of halogens is 1. The first-order valence-corrected chi connectivity index (χ1v) is 9.29. The molecule has 5 rings (SSSR count). The van der Waals surface area contributed by atoms with E-state index in [1.807, 2.05) is 6.07 Å². The maximum atomic E-state index is 6.43. The van der Waals surface area contributed by atoms with Crippen LogP contribution >= 0.6 is 11.6 Å². The van der Waals surface area contributed by atoms with E-state index >= 15 is 0 Å². The van der Waals surface area contributed by atoms with Crippen molar-refractivity contribution in [3.8, 4) is 11.1 Å². The van der Waals surface area contributed by atoms with E-state index in [9.17, 15) is 0 Å². The van der Waals surface area contributed by atoms with Gasteiger partial charge < -0.3 is 4.90 Å². The van der Waals surface area contributed by atoms with Gasteiger partial charge in [0.15, 0.2) is 0 Å². The zero-order chi connectivity index (χ0) is 17.5. The van der Waals surface area contributed by atoms with Crippen molar-refractivity contribution in [1.82, 2.24) is 0 Å². The van der Waals surface area contributed by atoms with Crippen LogP contribution in [-0.4, -0.2) is 6.04 Å². The lowest BCUT2D eigenvalue weighted by atomic mass is 9.91. The van der Waals surface area contributed by atoms with Crippen molar-refractivity contribution in [3.63, 3.8) is 0 Å². The summed E-state index contributed by atoms with van der Waals surface area (Å²) >= 11 is 6.43. The van der Waals surface area contributed by atoms with E-state index < -0.39 is 0 Å². The Bertz CT molecular complexity index is 1020. The van der Waals surface area contributed by atoms with Gasteiger partial charge in [-0.25, -0.2) is 0 Å². The molecule has 2 unspecified atom stereocenters. The number of anilines is 2. The molecule has 0 spiro atoms. The SMILES string of the molecule is Clc1ccc(-c2ccccc2)c(N2c3ccccc3C3C=CC=CC32)c1. The van der Waals surface area contributed by atoms with E-state index in [1.54, 1.807) is 0 Å². The lowest BCUT2D eigenvalue weighted by Crippen LogP contribution is -2.28. The van der Waals surface area contributed by atoms with Gasteiger partial charge in [-0.1, -0.05) is 90.5 Å². The third kappa shape index (κ3) is 2.40. The van der Waals surface area contributed by atoms with Crippen LogP contribution in [0.1, 0.15) is 11.5 Å². The van der Waals surface area contributed by atoms with Crippen molar-refractivity contribution in [2.45, 2.75) is 12.0 Å². The second-order valence-electron chi connectivity index (χ2n) is 6.74. The van der Waals surface area contributed by atoms with Crippen LogP contribution in [0.5, 0.6) is 0 Å². The van der Waals surface area contributed by atoms with Gasteiger partial charge in [-0.05, 0) is 29.3 Å². The topological polar surface area (TPSA) is 3.24 Å². The van der Waals surface area contributed by atoms with Crippen LogP contribution in [-0.2, 0) is 0 Å². The Morgan fingerprint density at radius 3 is 2.38 bits per heavy atom. The highest BCUT2D eigenvalue weighted by atomic mass is 35.5. The molecule has 1 aliphatic carbocycles. The van der Waals surface area contributed by atoms with E-state index in [0.29, 0.717) is 5.92 Å². The average Bonchev–Trinajstić information content (AvgIpc) is 3.03. The molecule has 126 valence electrons. The second kappa shape index (κ2) is 6.19. The molecule has 0 amide bonds. The highest BCUT2D eigenvalue weighted by Crippen LogP contribution is 2.50. The maximum absolute atomic E-state index is 6.43. The molecule has 0 fully saturated rings. The number of hydrogen-bond donors (Lipinski definition) is 0. The third-order valence-electron chi connectivity index (χ3n) is 5.26. The Morgan fingerprint density at radius 2 is 1.50 bits per heavy atom. The number of rotatable bonds is 2. The molecular weight excluding hydrogens is 338 g/mol. The summed E-state index contributed by atoms with van der Waals surface area (Å²) in [7, 11) is 0. The van der Waals surface area contributed by atoms with Crippen LogP contribution in [0.2, 0.25) is 5.02 Å². The first-order valence-electron chi connectivity index (χ1n) is 8.91. The molecule has 1 aliphatic heterocycles. The number of allylic oxidation sites excluding steroid dienone is 2. The molecule has 1 nitrogen and oxygen atoms in total. The highest BCUT2D eigenvalue weighted by Gasteiger charge is 2.37. The van der Waals surface area contributed by atoms with Gasteiger partial charge in [-0.3, -0.25) is 0 Å². The normalized spacial score (nSPS) is 20.1. The standard InChI is InChI=1S/C24H18ClN/c25-18-14-15-19(17-8-2-1-3-9-17)24(16-18)26-22-12-6-4-10-20(22)21-11-5-7-13-23(21)26/h1-16,20,22H. The smallest absolute Gasteiger partial charge is 0.0629 e. The zero-order valence-electron chi connectivity index (χ0n) is 14.2. The molecule has 0 saturated heterocycles. The zero-order valence-corrected chi connectivity index (χ0v) is 15.0. The van der Waals surface area contributed by atoms with Crippen molar-refractivity contribution in [3.05, 3.63) is 108 Å². The van der Waals surface area contributed by atoms with Crippen molar-refractivity contribution >= 4 is 23.0 Å². The van der Waals surface area contributed by atoms with Gasteiger partial charge in [0.2, 0.25) is 0 Å². The summed E-state index contributed by atoms with van der Waals surface area (Å²) in [4.78, 5) is 2.44. The summed E-state index contributed by atoms with van der Waals surface area (Å²) < 4.78 is 0. The van der Waals surface area contributed by atoms with Gasteiger partial charge >= 0.3 is 0 Å². The minimum Gasteiger partial charge on any atom is -0.333 e. The van der Waals surface area contributed by atoms with Crippen molar-refractivity contribution in [2.75, 3.05) is 4.90 Å². The molecule has 2 atom stereocenters. The molecular formula is C24H18ClN. The molecule has 0 N–H and O–H groups in total. The number of para-hydroxylation sites is 1. The third-order valence-corrected chi connectivity index (χ3v) is 5.50. The molecule has 1 heterocycles. The summed E-state index contributed by atoms with van der Waals surface area (Å²) in [5, 5.41) is 0.760. The Hall–Kier alpha value is -2.77. The van der Waals surface area contributed by atoms with E-state index in [2.05, 4.69) is 95.9 Å². The predicted octanol–water partition coefficient (Wildman–Crippen LogP) is 6.74. The van der Waals surface area contributed by atoms with Crippen molar-refractivity contribution < 1.29 is 0 Å². The average molecular weight is 356 g/mol. The maximum Gasteiger partial charge on any atom is 0.0629 e. The molecule has 0 aromatic heterocycles. The summed E-state index contributed by atoms with van der Waals surface area (Å²) in [6.07, 6.45) is 8.89. The Balaban J connectivity index is 1.74. The molecule has 3 aromatic rings. The molecule has 3 aromatic carbocycles. The summed E-state index contributed by atoms with van der Waals surface area (Å²) in [6, 6.07) is 25.7. The largest absolute Gasteiger partial charge is 0.333 e. The minimum atomic E-state index is 0.276. The monoisotopic (exact) mass is 355 g/mol. The van der Waals surface area contributed by atoms with E-state index in [-0.39, 0.29) is 6.04 Å². The lowest BCUT2D eigenvalue weighted by molar-refractivity contribution is 0.745. The summed E-state index contributed by atoms with van der Waals surface area (Å²) in [5.41, 5.74) is 6.20. The summed E-state index contributed by atoms with van der Waals surface area (Å²) in [6.45, 7) is 0. The fourth-order valence-electron chi connectivity index (χ4n) is 4.14. The van der Waals surface area contributed by atoms with Gasteiger partial charge in [-0.2, -0.15) is 0 Å². The van der Waals surface area contributed by atoms with Crippen LogP contribution < -0.4 is 4.90 Å². The van der Waals surface area contributed by atoms with Crippen LogP contribution in [0.4, 0.5) is 11.4 Å². The fraction of sp³-hybridized carbons (Fsp3) is 0.0833. The Labute approximate surface area is 158 Å². The quantitative estimate of drug-likeness (QED) is 0.492. The first-order chi connectivity index (χ1) is 12.8. The van der Waals surface area contributed by atoms with Gasteiger partial charge in [0.05, 0.1) is 11.7 Å². The van der Waals surface area contributed by atoms with Crippen molar-refractivity contribution in [2.24, 2.45) is 0 Å². The van der Waals surface area contributed by atoms with Gasteiger partial charge in [0.25, 0.3) is 0 Å². The predicted molar refractivity (Wildman–Crippen MR) is 110 cm³/mol. The number of nitrogens with zero attached hydrogens (tertiary/aromatic N) is 1. The van der Waals surface area contributed by atoms with Gasteiger partial charge in [0, 0.05) is 22.2 Å². The van der Waals surface area contributed by atoms with Gasteiger partial charge in [-0.15, -0.1) is 0 Å². The van der Waals surface area contributed by atoms with E-state index in [4.69, 9.17) is 11.6 Å².